The van der Waals surface area contributed by atoms with Gasteiger partial charge in [0, 0.05) is 24.8 Å². The van der Waals surface area contributed by atoms with Gasteiger partial charge in [-0.1, -0.05) is 6.92 Å². The summed E-state index contributed by atoms with van der Waals surface area (Å²) in [5, 5.41) is 2.74. The molecule has 16 heavy (non-hydrogen) atoms. The number of nitrogens with one attached hydrogen (secondary N) is 2. The number of H-pyrrole nitrogens is 1. The second-order valence-corrected chi connectivity index (χ2v) is 3.65. The Labute approximate surface area is 94.1 Å². The molecule has 0 aliphatic heterocycles. The van der Waals surface area contributed by atoms with E-state index < -0.39 is 0 Å². The summed E-state index contributed by atoms with van der Waals surface area (Å²) in [7, 11) is 0. The molecule has 0 bridgehead atoms. The Hall–Kier alpha value is -1.62. The molecule has 0 aliphatic carbocycles. The van der Waals surface area contributed by atoms with Crippen LogP contribution in [0.5, 0.6) is 0 Å². The molecule has 0 aromatic carbocycles. The van der Waals surface area contributed by atoms with E-state index in [0.717, 1.165) is 12.8 Å². The van der Waals surface area contributed by atoms with Crippen LogP contribution in [0.25, 0.3) is 0 Å². The topological polar surface area (TPSA) is 88.0 Å². The van der Waals surface area contributed by atoms with E-state index in [2.05, 4.69) is 10.3 Å². The van der Waals surface area contributed by atoms with E-state index in [1.807, 2.05) is 6.92 Å². The Bertz CT molecular complexity index is 380. The zero-order valence-electron chi connectivity index (χ0n) is 9.32. The molecule has 1 aromatic rings. The Balaban J connectivity index is 2.41. The van der Waals surface area contributed by atoms with Gasteiger partial charge in [-0.25, -0.2) is 0 Å². The second-order valence-electron chi connectivity index (χ2n) is 3.65. The van der Waals surface area contributed by atoms with E-state index in [1.54, 1.807) is 0 Å². The van der Waals surface area contributed by atoms with Crippen LogP contribution < -0.4 is 16.6 Å². The van der Waals surface area contributed by atoms with E-state index in [9.17, 15) is 9.59 Å². The van der Waals surface area contributed by atoms with Crippen molar-refractivity contribution >= 4 is 5.91 Å². The van der Waals surface area contributed by atoms with Gasteiger partial charge in [-0.05, 0) is 18.9 Å². The quantitative estimate of drug-likeness (QED) is 0.667. The van der Waals surface area contributed by atoms with Crippen LogP contribution in [-0.2, 0) is 0 Å². The van der Waals surface area contributed by atoms with E-state index in [4.69, 9.17) is 5.73 Å². The Morgan fingerprint density at radius 3 is 2.88 bits per heavy atom. The second kappa shape index (κ2) is 6.07. The maximum Gasteiger partial charge on any atom is 0.252 e. The summed E-state index contributed by atoms with van der Waals surface area (Å²) < 4.78 is 0. The number of rotatable bonds is 5. The Morgan fingerprint density at radius 2 is 2.31 bits per heavy atom. The molecule has 4 N–H and O–H groups in total. The first-order valence-electron chi connectivity index (χ1n) is 5.36. The van der Waals surface area contributed by atoms with Crippen molar-refractivity contribution in [3.8, 4) is 0 Å². The third kappa shape index (κ3) is 3.86. The largest absolute Gasteiger partial charge is 0.352 e. The van der Waals surface area contributed by atoms with E-state index in [0.29, 0.717) is 12.1 Å². The lowest BCUT2D eigenvalue weighted by atomic mass is 10.1. The van der Waals surface area contributed by atoms with Crippen LogP contribution in [0.3, 0.4) is 0 Å². The molecule has 88 valence electrons. The lowest BCUT2D eigenvalue weighted by Gasteiger charge is -2.09. The minimum absolute atomic E-state index is 0.121. The van der Waals surface area contributed by atoms with Crippen molar-refractivity contribution < 1.29 is 4.79 Å². The zero-order chi connectivity index (χ0) is 12.0. The van der Waals surface area contributed by atoms with Gasteiger partial charge in [0.2, 0.25) is 5.56 Å². The summed E-state index contributed by atoms with van der Waals surface area (Å²) in [6.45, 7) is 2.56. The summed E-state index contributed by atoms with van der Waals surface area (Å²) >= 11 is 0. The van der Waals surface area contributed by atoms with Gasteiger partial charge in [-0.15, -0.1) is 0 Å². The van der Waals surface area contributed by atoms with Gasteiger partial charge in [-0.3, -0.25) is 9.59 Å². The van der Waals surface area contributed by atoms with Crippen LogP contribution in [0.2, 0.25) is 0 Å². The number of nitrogens with two attached hydrogens (primary N) is 1. The third-order valence-corrected chi connectivity index (χ3v) is 2.37. The molecule has 0 aliphatic rings. The summed E-state index contributed by atoms with van der Waals surface area (Å²) in [5.74, 6) is -0.195. The summed E-state index contributed by atoms with van der Waals surface area (Å²) in [4.78, 5) is 24.8. The van der Waals surface area contributed by atoms with Crippen LogP contribution in [-0.4, -0.2) is 23.5 Å². The van der Waals surface area contributed by atoms with E-state index in [-0.39, 0.29) is 17.5 Å². The predicted octanol–water partition coefficient (Wildman–Crippen LogP) is 0.232. The van der Waals surface area contributed by atoms with Crippen LogP contribution in [0.4, 0.5) is 0 Å². The molecule has 1 heterocycles. The third-order valence-electron chi connectivity index (χ3n) is 2.37. The number of carbonyl (C=O) groups is 1. The van der Waals surface area contributed by atoms with Gasteiger partial charge in [0.1, 0.15) is 0 Å². The lowest BCUT2D eigenvalue weighted by molar-refractivity contribution is 0.0952. The predicted molar refractivity (Wildman–Crippen MR) is 62.3 cm³/mol. The molecule has 1 rings (SSSR count). The molecule has 5 nitrogen and oxygen atoms in total. The average molecular weight is 223 g/mol. The number of amides is 1. The van der Waals surface area contributed by atoms with Crippen LogP contribution in [0.15, 0.2) is 23.1 Å². The SMILES string of the molecule is CCC(N)CCNC(=O)c1ccc(=O)[nH]c1. The molecule has 0 fully saturated rings. The number of hydrogen-bond donors (Lipinski definition) is 3. The highest BCUT2D eigenvalue weighted by Gasteiger charge is 2.05. The van der Waals surface area contributed by atoms with Crippen molar-refractivity contribution in [2.24, 2.45) is 5.73 Å². The van der Waals surface area contributed by atoms with Crippen molar-refractivity contribution in [1.29, 1.82) is 0 Å². The van der Waals surface area contributed by atoms with Gasteiger partial charge in [0.05, 0.1) is 5.56 Å². The van der Waals surface area contributed by atoms with Crippen molar-refractivity contribution in [3.05, 3.63) is 34.2 Å². The first kappa shape index (κ1) is 12.4. The first-order chi connectivity index (χ1) is 7.63. The van der Waals surface area contributed by atoms with Crippen molar-refractivity contribution in [2.75, 3.05) is 6.54 Å². The number of aromatic nitrogens is 1. The Morgan fingerprint density at radius 1 is 1.56 bits per heavy atom. The number of hydrogen-bond acceptors (Lipinski definition) is 3. The lowest BCUT2D eigenvalue weighted by Crippen LogP contribution is -2.30. The molecule has 0 radical (unpaired) electrons. The maximum atomic E-state index is 11.6. The number of aromatic amines is 1. The zero-order valence-corrected chi connectivity index (χ0v) is 9.32. The van der Waals surface area contributed by atoms with Crippen molar-refractivity contribution in [2.45, 2.75) is 25.8 Å². The van der Waals surface area contributed by atoms with Gasteiger partial charge in [-0.2, -0.15) is 0 Å². The van der Waals surface area contributed by atoms with Crippen LogP contribution >= 0.6 is 0 Å². The van der Waals surface area contributed by atoms with Gasteiger partial charge in [0.25, 0.3) is 5.91 Å². The fourth-order valence-electron chi connectivity index (χ4n) is 1.23. The first-order valence-corrected chi connectivity index (χ1v) is 5.36. The molecule has 1 unspecified atom stereocenters. The maximum absolute atomic E-state index is 11.6. The van der Waals surface area contributed by atoms with E-state index >= 15 is 0 Å². The van der Waals surface area contributed by atoms with Gasteiger partial charge in [0.15, 0.2) is 0 Å². The van der Waals surface area contributed by atoms with Crippen LogP contribution in [0.1, 0.15) is 30.1 Å². The monoisotopic (exact) mass is 223 g/mol. The average Bonchev–Trinajstić information content (AvgIpc) is 2.29. The molecular weight excluding hydrogens is 206 g/mol. The molecule has 0 saturated heterocycles. The molecule has 1 atom stereocenters. The van der Waals surface area contributed by atoms with E-state index in [1.165, 1.54) is 18.3 Å². The van der Waals surface area contributed by atoms with Crippen LogP contribution in [0, 0.1) is 0 Å². The summed E-state index contributed by atoms with van der Waals surface area (Å²) in [6, 6.07) is 2.94. The van der Waals surface area contributed by atoms with Gasteiger partial charge < -0.3 is 16.0 Å². The highest BCUT2D eigenvalue weighted by molar-refractivity contribution is 5.93. The normalized spacial score (nSPS) is 12.1. The molecule has 0 saturated carbocycles. The molecule has 1 aromatic heterocycles. The number of carbonyl (C=O) groups excluding carboxylic acids is 1. The number of pyridine rings is 1. The van der Waals surface area contributed by atoms with Crippen molar-refractivity contribution in [3.63, 3.8) is 0 Å². The molecular formula is C11H17N3O2. The molecule has 5 heteroatoms. The highest BCUT2D eigenvalue weighted by Crippen LogP contribution is 1.95. The summed E-state index contributed by atoms with van der Waals surface area (Å²) in [5.41, 5.74) is 5.95. The fraction of sp³-hybridized carbons (Fsp3) is 0.455. The molecule has 0 spiro atoms. The standard InChI is InChI=1S/C11H17N3O2/c1-2-9(12)5-6-13-11(16)8-3-4-10(15)14-7-8/h3-4,7,9H,2,5-6,12H2,1H3,(H,13,16)(H,14,15). The minimum Gasteiger partial charge on any atom is -0.352 e. The fourth-order valence-corrected chi connectivity index (χ4v) is 1.23. The minimum atomic E-state index is -0.218. The highest BCUT2D eigenvalue weighted by atomic mass is 16.1. The molecule has 1 amide bonds. The smallest absolute Gasteiger partial charge is 0.252 e. The Kier molecular flexibility index (Phi) is 4.72. The van der Waals surface area contributed by atoms with Crippen molar-refractivity contribution in [1.82, 2.24) is 10.3 Å². The van der Waals surface area contributed by atoms with Gasteiger partial charge >= 0.3 is 0 Å². The summed E-state index contributed by atoms with van der Waals surface area (Å²) in [6.07, 6.45) is 3.05.